The van der Waals surface area contributed by atoms with Crippen LogP contribution in [0.15, 0.2) is 22.8 Å². The second-order valence-corrected chi connectivity index (χ2v) is 5.97. The molecule has 2 aromatic rings. The van der Waals surface area contributed by atoms with Crippen molar-refractivity contribution in [1.29, 1.82) is 0 Å². The molecule has 0 aliphatic heterocycles. The summed E-state index contributed by atoms with van der Waals surface area (Å²) >= 11 is 1.30. The maximum atomic E-state index is 12.0. The Hall–Kier alpha value is -1.44. The molecular weight excluding hydrogens is 312 g/mol. The van der Waals surface area contributed by atoms with E-state index in [-0.39, 0.29) is 30.3 Å². The van der Waals surface area contributed by atoms with Crippen LogP contribution < -0.4 is 11.1 Å². The summed E-state index contributed by atoms with van der Waals surface area (Å²) in [7, 11) is 0. The van der Waals surface area contributed by atoms with Crippen LogP contribution in [0.4, 0.5) is 5.13 Å². The van der Waals surface area contributed by atoms with Crippen LogP contribution in [0.1, 0.15) is 25.7 Å². The number of halogens is 1. The minimum absolute atomic E-state index is 0. The van der Waals surface area contributed by atoms with Gasteiger partial charge in [0, 0.05) is 12.5 Å². The fourth-order valence-corrected chi connectivity index (χ4v) is 3.23. The lowest BCUT2D eigenvalue weighted by Gasteiger charge is -2.13. The van der Waals surface area contributed by atoms with Crippen molar-refractivity contribution in [3.05, 3.63) is 18.4 Å². The first-order valence-electron chi connectivity index (χ1n) is 6.65. The van der Waals surface area contributed by atoms with Crippen molar-refractivity contribution in [3.63, 3.8) is 0 Å². The number of hydrogen-bond donors (Lipinski definition) is 2. The zero-order chi connectivity index (χ0) is 13.9. The van der Waals surface area contributed by atoms with Crippen molar-refractivity contribution in [2.75, 3.05) is 5.32 Å². The van der Waals surface area contributed by atoms with Gasteiger partial charge in [0.15, 0.2) is 10.8 Å². The Morgan fingerprint density at radius 3 is 3.00 bits per heavy atom. The zero-order valence-corrected chi connectivity index (χ0v) is 13.0. The predicted octanol–water partition coefficient (Wildman–Crippen LogP) is 2.68. The van der Waals surface area contributed by atoms with Gasteiger partial charge in [-0.05, 0) is 30.9 Å². The van der Waals surface area contributed by atoms with E-state index in [0.29, 0.717) is 22.3 Å². The highest BCUT2D eigenvalue weighted by Gasteiger charge is 2.26. The van der Waals surface area contributed by atoms with Crippen LogP contribution >= 0.6 is 23.7 Å². The van der Waals surface area contributed by atoms with E-state index in [0.717, 1.165) is 19.3 Å². The van der Waals surface area contributed by atoms with Gasteiger partial charge in [0.05, 0.1) is 6.26 Å². The van der Waals surface area contributed by atoms with Gasteiger partial charge in [-0.1, -0.05) is 17.8 Å². The average Bonchev–Trinajstić information content (AvgIpc) is 3.12. The highest BCUT2D eigenvalue weighted by atomic mass is 35.5. The number of aromatic nitrogens is 2. The molecule has 8 heteroatoms. The monoisotopic (exact) mass is 328 g/mol. The molecule has 6 nitrogen and oxygen atoms in total. The van der Waals surface area contributed by atoms with Crippen LogP contribution in [0.5, 0.6) is 0 Å². The Bertz CT molecular complexity index is 587. The molecule has 2 aromatic heterocycles. The van der Waals surface area contributed by atoms with Gasteiger partial charge in [0.25, 0.3) is 0 Å². The standard InChI is InChI=1S/C13H16N4O2S.ClH/c14-9-4-1-3-8(9)7-11(18)15-13-17-16-12(20-13)10-5-2-6-19-10;/h2,5-6,8-9H,1,3-4,7,14H2,(H,15,17,18);1H/t8-,9+;/m0./s1. The summed E-state index contributed by atoms with van der Waals surface area (Å²) in [5.41, 5.74) is 5.97. The number of hydrogen-bond acceptors (Lipinski definition) is 6. The summed E-state index contributed by atoms with van der Waals surface area (Å²) in [6.07, 6.45) is 5.19. The lowest BCUT2D eigenvalue weighted by Crippen LogP contribution is -2.28. The van der Waals surface area contributed by atoms with Crippen LogP contribution in [-0.4, -0.2) is 22.1 Å². The fraction of sp³-hybridized carbons (Fsp3) is 0.462. The highest BCUT2D eigenvalue weighted by Crippen LogP contribution is 2.29. The fourth-order valence-electron chi connectivity index (χ4n) is 2.50. The summed E-state index contributed by atoms with van der Waals surface area (Å²) in [6, 6.07) is 3.74. The van der Waals surface area contributed by atoms with Crippen LogP contribution in [0.3, 0.4) is 0 Å². The van der Waals surface area contributed by atoms with E-state index >= 15 is 0 Å². The van der Waals surface area contributed by atoms with E-state index in [2.05, 4.69) is 15.5 Å². The maximum Gasteiger partial charge on any atom is 0.226 e. The molecule has 0 radical (unpaired) electrons. The molecule has 1 fully saturated rings. The predicted molar refractivity (Wildman–Crippen MR) is 83.4 cm³/mol. The second-order valence-electron chi connectivity index (χ2n) is 5.00. The Kier molecular flexibility index (Phi) is 5.33. The summed E-state index contributed by atoms with van der Waals surface area (Å²) in [6.45, 7) is 0. The van der Waals surface area contributed by atoms with Crippen LogP contribution in [0, 0.1) is 5.92 Å². The van der Waals surface area contributed by atoms with Gasteiger partial charge in [0.1, 0.15) is 0 Å². The molecule has 0 aromatic carbocycles. The van der Waals surface area contributed by atoms with Crippen molar-refractivity contribution in [2.24, 2.45) is 11.7 Å². The summed E-state index contributed by atoms with van der Waals surface area (Å²) < 4.78 is 5.24. The van der Waals surface area contributed by atoms with E-state index < -0.39 is 0 Å². The van der Waals surface area contributed by atoms with Gasteiger partial charge in [-0.2, -0.15) is 0 Å². The topological polar surface area (TPSA) is 94.0 Å². The molecule has 2 heterocycles. The largest absolute Gasteiger partial charge is 0.462 e. The smallest absolute Gasteiger partial charge is 0.226 e. The molecule has 3 N–H and O–H groups in total. The number of nitrogens with zero attached hydrogens (tertiary/aromatic N) is 2. The van der Waals surface area contributed by atoms with E-state index in [1.807, 2.05) is 6.07 Å². The minimum atomic E-state index is -0.0468. The van der Waals surface area contributed by atoms with Crippen LogP contribution in [-0.2, 0) is 4.79 Å². The maximum absolute atomic E-state index is 12.0. The molecule has 1 aliphatic rings. The van der Waals surface area contributed by atoms with E-state index in [1.165, 1.54) is 11.3 Å². The summed E-state index contributed by atoms with van der Waals surface area (Å²) in [5, 5.41) is 11.9. The molecule has 1 aliphatic carbocycles. The third-order valence-corrected chi connectivity index (χ3v) is 4.42. The molecule has 0 unspecified atom stereocenters. The normalized spacial score (nSPS) is 21.0. The van der Waals surface area contributed by atoms with Crippen molar-refractivity contribution in [3.8, 4) is 10.8 Å². The molecule has 2 atom stereocenters. The van der Waals surface area contributed by atoms with Crippen molar-refractivity contribution < 1.29 is 9.21 Å². The number of furan rings is 1. The number of carbonyl (C=O) groups excluding carboxylic acids is 1. The molecular formula is C13H17ClN4O2S. The quantitative estimate of drug-likeness (QED) is 0.899. The first kappa shape index (κ1) is 15.9. The van der Waals surface area contributed by atoms with Crippen molar-refractivity contribution in [2.45, 2.75) is 31.7 Å². The Labute approximate surface area is 132 Å². The molecule has 0 bridgehead atoms. The number of anilines is 1. The average molecular weight is 329 g/mol. The lowest BCUT2D eigenvalue weighted by atomic mass is 10.00. The van der Waals surface area contributed by atoms with Gasteiger partial charge >= 0.3 is 0 Å². The van der Waals surface area contributed by atoms with Crippen molar-refractivity contribution >= 4 is 34.8 Å². The molecule has 114 valence electrons. The Balaban J connectivity index is 0.00000161. The van der Waals surface area contributed by atoms with Crippen molar-refractivity contribution in [1.82, 2.24) is 10.2 Å². The summed E-state index contributed by atoms with van der Waals surface area (Å²) in [5.74, 6) is 0.891. The number of amides is 1. The molecule has 21 heavy (non-hydrogen) atoms. The third kappa shape index (κ3) is 3.81. The van der Waals surface area contributed by atoms with Gasteiger partial charge in [0.2, 0.25) is 11.0 Å². The molecule has 3 rings (SSSR count). The van der Waals surface area contributed by atoms with Gasteiger partial charge in [-0.25, -0.2) is 0 Å². The minimum Gasteiger partial charge on any atom is -0.462 e. The Morgan fingerprint density at radius 1 is 1.48 bits per heavy atom. The number of nitrogens with two attached hydrogens (primary N) is 1. The first-order chi connectivity index (χ1) is 9.72. The van der Waals surface area contributed by atoms with Crippen LogP contribution in [0.2, 0.25) is 0 Å². The second kappa shape index (κ2) is 7.02. The van der Waals surface area contributed by atoms with Gasteiger partial charge in [-0.15, -0.1) is 22.6 Å². The molecule has 1 saturated carbocycles. The lowest BCUT2D eigenvalue weighted by molar-refractivity contribution is -0.117. The van der Waals surface area contributed by atoms with E-state index in [9.17, 15) is 4.79 Å². The Morgan fingerprint density at radius 2 is 2.33 bits per heavy atom. The van der Waals surface area contributed by atoms with Crippen LogP contribution in [0.25, 0.3) is 10.8 Å². The molecule has 0 saturated heterocycles. The SMILES string of the molecule is Cl.N[C@@H]1CCC[C@H]1CC(=O)Nc1nnc(-c2ccco2)s1. The zero-order valence-electron chi connectivity index (χ0n) is 11.3. The number of nitrogens with one attached hydrogen (secondary N) is 1. The first-order valence-corrected chi connectivity index (χ1v) is 7.47. The van der Waals surface area contributed by atoms with Gasteiger partial charge < -0.3 is 15.5 Å². The van der Waals surface area contributed by atoms with E-state index in [1.54, 1.807) is 12.3 Å². The van der Waals surface area contributed by atoms with E-state index in [4.69, 9.17) is 10.2 Å². The number of rotatable bonds is 4. The summed E-state index contributed by atoms with van der Waals surface area (Å²) in [4.78, 5) is 12.0. The highest BCUT2D eigenvalue weighted by molar-refractivity contribution is 7.18. The van der Waals surface area contributed by atoms with Gasteiger partial charge in [-0.3, -0.25) is 4.79 Å². The number of carbonyl (C=O) groups is 1. The third-order valence-electron chi connectivity index (χ3n) is 3.57. The molecule has 1 amide bonds. The molecule has 0 spiro atoms.